The number of carbonyl (C=O) groups excluding carboxylic acids is 1. The first kappa shape index (κ1) is 19.2. The molecule has 0 aromatic heterocycles. The van der Waals surface area contributed by atoms with Crippen molar-refractivity contribution in [1.82, 2.24) is 5.32 Å². The number of nitrogens with one attached hydrogen (secondary N) is 1. The molecule has 0 aliphatic heterocycles. The van der Waals surface area contributed by atoms with Crippen LogP contribution >= 0.6 is 0 Å². The third kappa shape index (κ3) is 7.96. The van der Waals surface area contributed by atoms with Gasteiger partial charge in [0.2, 0.25) is 5.91 Å². The Bertz CT molecular complexity index is 601. The van der Waals surface area contributed by atoms with E-state index in [4.69, 9.17) is 9.47 Å². The van der Waals surface area contributed by atoms with E-state index in [1.54, 1.807) is 6.92 Å². The van der Waals surface area contributed by atoms with E-state index in [0.717, 1.165) is 18.4 Å². The van der Waals surface area contributed by atoms with Gasteiger partial charge in [0, 0.05) is 13.2 Å². The zero-order valence-electron chi connectivity index (χ0n) is 14.8. The lowest BCUT2D eigenvalue weighted by Gasteiger charge is -2.13. The average molecular weight is 341 g/mol. The van der Waals surface area contributed by atoms with Crippen molar-refractivity contribution in [1.29, 1.82) is 0 Å². The molecule has 2 aromatic carbocycles. The minimum absolute atomic E-state index is 0.0831. The fourth-order valence-corrected chi connectivity index (χ4v) is 2.34. The summed E-state index contributed by atoms with van der Waals surface area (Å²) in [5.74, 6) is -0.0831. The molecular formula is C21H27NO3. The Morgan fingerprint density at radius 1 is 0.960 bits per heavy atom. The van der Waals surface area contributed by atoms with Gasteiger partial charge in [-0.05, 0) is 30.9 Å². The highest BCUT2D eigenvalue weighted by atomic mass is 16.5. The number of ether oxygens (including phenoxy) is 2. The number of rotatable bonds is 11. The Labute approximate surface area is 150 Å². The molecule has 0 saturated heterocycles. The lowest BCUT2D eigenvalue weighted by molar-refractivity contribution is -0.132. The second-order valence-corrected chi connectivity index (χ2v) is 5.93. The van der Waals surface area contributed by atoms with Crippen LogP contribution in [0.3, 0.4) is 0 Å². The van der Waals surface area contributed by atoms with Crippen LogP contribution in [0.15, 0.2) is 60.7 Å². The van der Waals surface area contributed by atoms with Crippen LogP contribution in [0.1, 0.15) is 24.5 Å². The van der Waals surface area contributed by atoms with Gasteiger partial charge >= 0.3 is 0 Å². The number of carbonyl (C=O) groups is 1. The lowest BCUT2D eigenvalue weighted by Crippen LogP contribution is -2.35. The molecule has 1 atom stereocenters. The van der Waals surface area contributed by atoms with Gasteiger partial charge in [0.15, 0.2) is 0 Å². The SMILES string of the molecule is C[C@H](OCc1ccccc1)C(=O)NCCCOCCc1ccccc1. The Morgan fingerprint density at radius 2 is 1.60 bits per heavy atom. The van der Waals surface area contributed by atoms with Gasteiger partial charge in [0.25, 0.3) is 0 Å². The first-order chi connectivity index (χ1) is 12.3. The molecule has 4 nitrogen and oxygen atoms in total. The van der Waals surface area contributed by atoms with Gasteiger partial charge in [-0.2, -0.15) is 0 Å². The third-order valence-electron chi connectivity index (χ3n) is 3.85. The molecule has 0 unspecified atom stereocenters. The number of amides is 1. The average Bonchev–Trinajstić information content (AvgIpc) is 2.66. The quantitative estimate of drug-likeness (QED) is 0.638. The van der Waals surface area contributed by atoms with Gasteiger partial charge in [0.05, 0.1) is 13.2 Å². The summed E-state index contributed by atoms with van der Waals surface area (Å²) in [5.41, 5.74) is 2.34. The maximum absolute atomic E-state index is 12.0. The van der Waals surface area contributed by atoms with E-state index in [-0.39, 0.29) is 5.91 Å². The van der Waals surface area contributed by atoms with Gasteiger partial charge < -0.3 is 14.8 Å². The van der Waals surface area contributed by atoms with Gasteiger partial charge in [-0.15, -0.1) is 0 Å². The second-order valence-electron chi connectivity index (χ2n) is 5.93. The minimum atomic E-state index is -0.459. The van der Waals surface area contributed by atoms with Crippen molar-refractivity contribution in [2.75, 3.05) is 19.8 Å². The molecule has 0 bridgehead atoms. The molecule has 0 radical (unpaired) electrons. The Kier molecular flexibility index (Phi) is 8.73. The van der Waals surface area contributed by atoms with Crippen molar-refractivity contribution < 1.29 is 14.3 Å². The Hall–Kier alpha value is -2.17. The summed E-state index contributed by atoms with van der Waals surface area (Å²) < 4.78 is 11.2. The molecule has 2 aromatic rings. The second kappa shape index (κ2) is 11.4. The first-order valence-electron chi connectivity index (χ1n) is 8.80. The van der Waals surface area contributed by atoms with Crippen molar-refractivity contribution in [3.63, 3.8) is 0 Å². The van der Waals surface area contributed by atoms with E-state index in [2.05, 4.69) is 17.4 Å². The van der Waals surface area contributed by atoms with E-state index in [1.807, 2.05) is 48.5 Å². The summed E-state index contributed by atoms with van der Waals surface area (Å²) in [6, 6.07) is 20.1. The lowest BCUT2D eigenvalue weighted by atomic mass is 10.2. The number of hydrogen-bond acceptors (Lipinski definition) is 3. The highest BCUT2D eigenvalue weighted by molar-refractivity contribution is 5.80. The molecule has 0 fully saturated rings. The van der Waals surface area contributed by atoms with E-state index >= 15 is 0 Å². The van der Waals surface area contributed by atoms with Crippen molar-refractivity contribution in [2.45, 2.75) is 32.5 Å². The monoisotopic (exact) mass is 341 g/mol. The molecule has 4 heteroatoms. The molecule has 0 aliphatic rings. The topological polar surface area (TPSA) is 47.6 Å². The van der Waals surface area contributed by atoms with Crippen molar-refractivity contribution >= 4 is 5.91 Å². The standard InChI is InChI=1S/C21H27NO3/c1-18(25-17-20-11-6-3-7-12-20)21(23)22-14-8-15-24-16-13-19-9-4-2-5-10-19/h2-7,9-12,18H,8,13-17H2,1H3,(H,22,23)/t18-/m0/s1. The van der Waals surface area contributed by atoms with Crippen LogP contribution in [0.5, 0.6) is 0 Å². The third-order valence-corrected chi connectivity index (χ3v) is 3.85. The van der Waals surface area contributed by atoms with Crippen molar-refractivity contribution in [3.05, 3.63) is 71.8 Å². The predicted octanol–water partition coefficient (Wildman–Crippen LogP) is 3.36. The van der Waals surface area contributed by atoms with Gasteiger partial charge in [-0.1, -0.05) is 60.7 Å². The zero-order chi connectivity index (χ0) is 17.7. The maximum atomic E-state index is 12.0. The molecule has 0 saturated carbocycles. The van der Waals surface area contributed by atoms with Crippen LogP contribution in [0.2, 0.25) is 0 Å². The number of hydrogen-bond donors (Lipinski definition) is 1. The molecule has 1 N–H and O–H groups in total. The van der Waals surface area contributed by atoms with Gasteiger partial charge in [-0.25, -0.2) is 0 Å². The van der Waals surface area contributed by atoms with Gasteiger partial charge in [0.1, 0.15) is 6.10 Å². The van der Waals surface area contributed by atoms with Crippen LogP contribution in [0, 0.1) is 0 Å². The van der Waals surface area contributed by atoms with E-state index in [0.29, 0.717) is 26.4 Å². The molecule has 0 heterocycles. The van der Waals surface area contributed by atoms with Crippen LogP contribution in [-0.2, 0) is 27.3 Å². The van der Waals surface area contributed by atoms with Crippen molar-refractivity contribution in [2.24, 2.45) is 0 Å². The number of benzene rings is 2. The predicted molar refractivity (Wildman–Crippen MR) is 99.3 cm³/mol. The Morgan fingerprint density at radius 3 is 2.28 bits per heavy atom. The Balaban J connectivity index is 1.48. The maximum Gasteiger partial charge on any atom is 0.248 e. The van der Waals surface area contributed by atoms with Crippen LogP contribution in [0.4, 0.5) is 0 Å². The molecular weight excluding hydrogens is 314 g/mol. The highest BCUT2D eigenvalue weighted by Crippen LogP contribution is 2.03. The summed E-state index contributed by atoms with van der Waals surface area (Å²) in [6.45, 7) is 4.16. The smallest absolute Gasteiger partial charge is 0.248 e. The largest absolute Gasteiger partial charge is 0.381 e. The van der Waals surface area contributed by atoms with Crippen molar-refractivity contribution in [3.8, 4) is 0 Å². The summed E-state index contributed by atoms with van der Waals surface area (Å²) in [5, 5.41) is 2.88. The van der Waals surface area contributed by atoms with E-state index < -0.39 is 6.10 Å². The summed E-state index contributed by atoms with van der Waals surface area (Å²) in [7, 11) is 0. The molecule has 0 aliphatic carbocycles. The normalized spacial score (nSPS) is 11.9. The minimum Gasteiger partial charge on any atom is -0.381 e. The van der Waals surface area contributed by atoms with Crippen LogP contribution < -0.4 is 5.32 Å². The first-order valence-corrected chi connectivity index (χ1v) is 8.80. The van der Waals surface area contributed by atoms with E-state index in [1.165, 1.54) is 5.56 Å². The molecule has 134 valence electrons. The van der Waals surface area contributed by atoms with Crippen LogP contribution in [-0.4, -0.2) is 31.8 Å². The summed E-state index contributed by atoms with van der Waals surface area (Å²) in [6.07, 6.45) is 1.25. The molecule has 2 rings (SSSR count). The molecule has 0 spiro atoms. The molecule has 1 amide bonds. The molecule has 25 heavy (non-hydrogen) atoms. The summed E-state index contributed by atoms with van der Waals surface area (Å²) >= 11 is 0. The summed E-state index contributed by atoms with van der Waals surface area (Å²) in [4.78, 5) is 12.0. The fourth-order valence-electron chi connectivity index (χ4n) is 2.34. The van der Waals surface area contributed by atoms with E-state index in [9.17, 15) is 4.79 Å². The van der Waals surface area contributed by atoms with Gasteiger partial charge in [-0.3, -0.25) is 4.79 Å². The van der Waals surface area contributed by atoms with Crippen LogP contribution in [0.25, 0.3) is 0 Å². The fraction of sp³-hybridized carbons (Fsp3) is 0.381. The zero-order valence-corrected chi connectivity index (χ0v) is 14.8. The highest BCUT2D eigenvalue weighted by Gasteiger charge is 2.12.